The third kappa shape index (κ3) is 11.3. The van der Waals surface area contributed by atoms with E-state index in [9.17, 15) is 17.6 Å². The first-order valence-electron chi connectivity index (χ1n) is 22.2. The average Bonchev–Trinajstić information content (AvgIpc) is 3.31. The third-order valence-corrected chi connectivity index (χ3v) is 12.0. The van der Waals surface area contributed by atoms with Crippen molar-refractivity contribution >= 4 is 17.1 Å². The molecule has 5 atom stereocenters. The molecule has 4 N–H and O–H groups in total. The molecule has 8 rings (SSSR count). The van der Waals surface area contributed by atoms with Crippen molar-refractivity contribution in [3.63, 3.8) is 0 Å². The summed E-state index contributed by atoms with van der Waals surface area (Å²) in [5.41, 5.74) is 9.79. The molecular weight excluding hydrogens is 809 g/mol. The second-order valence-corrected chi connectivity index (χ2v) is 16.8. The maximum absolute atomic E-state index is 14.4. The van der Waals surface area contributed by atoms with Gasteiger partial charge in [-0.05, 0) is 137 Å². The quantitative estimate of drug-likeness (QED) is 0.106. The summed E-state index contributed by atoms with van der Waals surface area (Å²) in [4.78, 5) is 4.15. The van der Waals surface area contributed by atoms with Gasteiger partial charge in [-0.1, -0.05) is 79.0 Å². The number of halogens is 4. The van der Waals surface area contributed by atoms with Crippen LogP contribution in [0.15, 0.2) is 221 Å². The van der Waals surface area contributed by atoms with E-state index in [1.165, 1.54) is 23.5 Å². The van der Waals surface area contributed by atoms with Crippen molar-refractivity contribution < 1.29 is 17.6 Å². The Labute approximate surface area is 375 Å². The van der Waals surface area contributed by atoms with Crippen LogP contribution < -0.4 is 31.1 Å². The molecule has 6 nitrogen and oxygen atoms in total. The zero-order valence-corrected chi connectivity index (χ0v) is 36.3. The lowest BCUT2D eigenvalue weighted by atomic mass is 10.0. The predicted octanol–water partition coefficient (Wildman–Crippen LogP) is 12.8. The van der Waals surface area contributed by atoms with Gasteiger partial charge in [0.1, 0.15) is 11.7 Å². The van der Waals surface area contributed by atoms with Crippen molar-refractivity contribution in [3.8, 4) is 0 Å². The van der Waals surface area contributed by atoms with E-state index in [1.54, 1.807) is 13.0 Å². The van der Waals surface area contributed by atoms with Crippen LogP contribution >= 0.6 is 0 Å². The van der Waals surface area contributed by atoms with E-state index in [0.29, 0.717) is 12.1 Å². The Bertz CT molecular complexity index is 2470. The van der Waals surface area contributed by atoms with Crippen LogP contribution in [0, 0.1) is 0 Å². The largest absolute Gasteiger partial charge is 0.379 e. The molecule has 0 amide bonds. The van der Waals surface area contributed by atoms with Gasteiger partial charge in [-0.25, -0.2) is 17.6 Å². The maximum atomic E-state index is 14.4. The van der Waals surface area contributed by atoms with E-state index < -0.39 is 23.7 Å². The van der Waals surface area contributed by atoms with Crippen molar-refractivity contribution in [2.75, 3.05) is 15.1 Å². The van der Waals surface area contributed by atoms with Gasteiger partial charge in [0, 0.05) is 75.4 Å². The predicted molar refractivity (Wildman–Crippen MR) is 255 cm³/mol. The highest BCUT2D eigenvalue weighted by atomic mass is 19.2. The van der Waals surface area contributed by atoms with Gasteiger partial charge >= 0.3 is 0 Å². The van der Waals surface area contributed by atoms with Gasteiger partial charge in [-0.2, -0.15) is 0 Å². The Kier molecular flexibility index (Phi) is 14.2. The molecule has 0 spiro atoms. The first kappa shape index (κ1) is 43.9. The summed E-state index contributed by atoms with van der Waals surface area (Å²) in [5.74, 6) is -2.42. The number of para-hydroxylation sites is 1. The number of hydrogen-bond donors (Lipinski definition) is 4. The van der Waals surface area contributed by atoms with Crippen LogP contribution in [0.1, 0.15) is 58.8 Å². The van der Waals surface area contributed by atoms with Crippen LogP contribution in [0.25, 0.3) is 0 Å². The fourth-order valence-corrected chi connectivity index (χ4v) is 8.65. The fourth-order valence-electron chi connectivity index (χ4n) is 8.65. The second kappa shape index (κ2) is 20.7. The van der Waals surface area contributed by atoms with Crippen molar-refractivity contribution in [1.29, 1.82) is 0 Å². The lowest BCUT2D eigenvalue weighted by molar-refractivity contribution is 0.317. The molecule has 0 radical (unpaired) electrons. The smallest absolute Gasteiger partial charge is 0.157 e. The highest BCUT2D eigenvalue weighted by Crippen LogP contribution is 2.34. The minimum Gasteiger partial charge on any atom is -0.379 e. The van der Waals surface area contributed by atoms with E-state index in [-0.39, 0.29) is 30.6 Å². The molecule has 6 aliphatic rings. The SMILES string of the molecule is C/C(F)=C(F)\C=C(/C)N(c1ccccc1)C1C=CC(NC2C=CC(NC3=CC=C(NC4=CCC(Nc5ccc(N(C6=CC=C(F)C(F)C6)C6C=CC=CC6)cc5)C=C4)CC3)=CC2)=CC1. The second-order valence-electron chi connectivity index (χ2n) is 16.8. The summed E-state index contributed by atoms with van der Waals surface area (Å²) in [6.07, 6.45) is 39.5. The van der Waals surface area contributed by atoms with E-state index in [0.717, 1.165) is 78.9 Å². The number of allylic oxidation sites excluding steroid dienone is 17. The van der Waals surface area contributed by atoms with Gasteiger partial charge < -0.3 is 31.1 Å². The Morgan fingerprint density at radius 1 is 0.656 bits per heavy atom. The Balaban J connectivity index is 0.785. The van der Waals surface area contributed by atoms with Crippen LogP contribution in [0.4, 0.5) is 34.6 Å². The minimum absolute atomic E-state index is 0.0130. The molecule has 6 aliphatic carbocycles. The summed E-state index contributed by atoms with van der Waals surface area (Å²) in [6, 6.07) is 18.3. The van der Waals surface area contributed by atoms with E-state index in [1.807, 2.05) is 59.5 Å². The summed E-state index contributed by atoms with van der Waals surface area (Å²) in [5, 5.41) is 14.5. The molecule has 0 heterocycles. The Morgan fingerprint density at radius 2 is 1.31 bits per heavy atom. The summed E-state index contributed by atoms with van der Waals surface area (Å²) in [7, 11) is 0. The van der Waals surface area contributed by atoms with E-state index in [4.69, 9.17) is 0 Å². The molecule has 64 heavy (non-hydrogen) atoms. The van der Waals surface area contributed by atoms with Gasteiger partial charge in [0.05, 0.1) is 12.1 Å². The highest BCUT2D eigenvalue weighted by molar-refractivity contribution is 5.61. The first-order valence-corrected chi connectivity index (χ1v) is 22.2. The van der Waals surface area contributed by atoms with Crippen LogP contribution in [-0.2, 0) is 0 Å². The molecule has 0 aromatic heterocycles. The molecular formula is C54H56F4N6. The van der Waals surface area contributed by atoms with Crippen LogP contribution in [0.5, 0.6) is 0 Å². The molecule has 330 valence electrons. The maximum Gasteiger partial charge on any atom is 0.157 e. The topological polar surface area (TPSA) is 54.6 Å². The number of anilines is 3. The van der Waals surface area contributed by atoms with Gasteiger partial charge in [-0.15, -0.1) is 0 Å². The molecule has 0 saturated carbocycles. The molecule has 0 bridgehead atoms. The van der Waals surface area contributed by atoms with Crippen molar-refractivity contribution in [2.24, 2.45) is 0 Å². The van der Waals surface area contributed by atoms with Crippen LogP contribution in [0.2, 0.25) is 0 Å². The molecule has 2 aromatic rings. The summed E-state index contributed by atoms with van der Waals surface area (Å²) in [6.45, 7) is 2.93. The number of hydrogen-bond acceptors (Lipinski definition) is 6. The number of nitrogens with zero attached hydrogens (tertiary/aromatic N) is 2. The third-order valence-electron chi connectivity index (χ3n) is 12.0. The zero-order chi connectivity index (χ0) is 44.4. The summed E-state index contributed by atoms with van der Waals surface area (Å²) < 4.78 is 56.1. The standard InChI is InChI=1S/C54H56F4N6/c1-37(35-53(57)38(2)55)63(47-9-5-3-6-10-47)49-29-25-45(26-30-49)61-43-21-17-41(18-22-43)59-39-13-15-40(16-14-39)60-42-19-23-44(24-20-42)62-46-27-31-50(32-28-46)64(48-11-7-4-8-12-48)51-33-34-52(56)54(58)36-51/h3-11,13,15,17-21,23,25-29,31-35,43-44,48-49,54,59-62H,12,14,16,22,24,30,36H2,1-2H3/b37-35+,53-38-. The number of alkyl halides is 1. The minimum atomic E-state index is -1.62. The Morgan fingerprint density at radius 3 is 1.88 bits per heavy atom. The van der Waals surface area contributed by atoms with E-state index >= 15 is 0 Å². The molecule has 5 unspecified atom stereocenters. The highest BCUT2D eigenvalue weighted by Gasteiger charge is 2.27. The summed E-state index contributed by atoms with van der Waals surface area (Å²) >= 11 is 0. The number of rotatable bonds is 15. The van der Waals surface area contributed by atoms with Crippen molar-refractivity contribution in [3.05, 3.63) is 221 Å². The molecule has 0 saturated heterocycles. The van der Waals surface area contributed by atoms with Crippen LogP contribution in [0.3, 0.4) is 0 Å². The molecule has 2 aromatic carbocycles. The van der Waals surface area contributed by atoms with Gasteiger partial charge in [-0.3, -0.25) is 0 Å². The van der Waals surface area contributed by atoms with Gasteiger partial charge in [0.2, 0.25) is 0 Å². The Hall–Kier alpha value is -6.68. The normalized spacial score (nSPS) is 24.5. The van der Waals surface area contributed by atoms with E-state index in [2.05, 4.69) is 117 Å². The monoisotopic (exact) mass is 864 g/mol. The van der Waals surface area contributed by atoms with Gasteiger partial charge in [0.15, 0.2) is 12.0 Å². The number of benzene rings is 2. The molecule has 0 fully saturated rings. The zero-order valence-electron chi connectivity index (χ0n) is 36.3. The van der Waals surface area contributed by atoms with Gasteiger partial charge in [0.25, 0.3) is 0 Å². The number of nitrogens with one attached hydrogen (secondary N) is 4. The molecule has 0 aliphatic heterocycles. The fraction of sp³-hybridized carbons (Fsp3) is 0.259. The molecule has 10 heteroatoms. The first-order chi connectivity index (χ1) is 31.1. The lowest BCUT2D eigenvalue weighted by Gasteiger charge is -2.36. The lowest BCUT2D eigenvalue weighted by Crippen LogP contribution is -2.35. The van der Waals surface area contributed by atoms with Crippen molar-refractivity contribution in [1.82, 2.24) is 16.0 Å². The van der Waals surface area contributed by atoms with Crippen LogP contribution in [-0.4, -0.2) is 30.3 Å². The van der Waals surface area contributed by atoms with Crippen molar-refractivity contribution in [2.45, 2.75) is 89.1 Å². The average molecular weight is 865 g/mol.